The summed E-state index contributed by atoms with van der Waals surface area (Å²) in [6.07, 6.45) is 3.94. The number of benzene rings is 2. The molecular formula is C25H26ClN3O3S. The molecule has 4 rings (SSSR count). The van der Waals surface area contributed by atoms with Gasteiger partial charge in [-0.25, -0.2) is 18.4 Å². The molecule has 0 bridgehead atoms. The third kappa shape index (κ3) is 5.78. The van der Waals surface area contributed by atoms with E-state index in [1.165, 1.54) is 11.8 Å². The molecule has 172 valence electrons. The minimum absolute atomic E-state index is 0.0562. The minimum atomic E-state index is -3.82. The summed E-state index contributed by atoms with van der Waals surface area (Å²) >= 11 is 6.21. The lowest BCUT2D eigenvalue weighted by molar-refractivity contribution is 0.0683. The summed E-state index contributed by atoms with van der Waals surface area (Å²) in [5.41, 5.74) is 2.91. The first-order valence-corrected chi connectivity index (χ1v) is 13.0. The smallest absolute Gasteiger partial charge is 0.274 e. The molecule has 2 aromatic carbocycles. The third-order valence-corrected chi connectivity index (χ3v) is 7.69. The van der Waals surface area contributed by atoms with Gasteiger partial charge < -0.3 is 4.90 Å². The number of likely N-dealkylation sites (tertiary alicyclic amines) is 1. The SMILES string of the molecule is Cc1ccc(CS(=O)(=O)c2ncc(Cl)c(C(=O)N3CCC(Cc4ccccc4)CC3)n2)cc1. The van der Waals surface area contributed by atoms with E-state index in [1.54, 1.807) is 17.0 Å². The number of piperidine rings is 1. The Morgan fingerprint density at radius 1 is 1.03 bits per heavy atom. The first-order valence-electron chi connectivity index (χ1n) is 11.0. The molecule has 3 aromatic rings. The molecule has 1 saturated heterocycles. The lowest BCUT2D eigenvalue weighted by Gasteiger charge is -2.32. The molecule has 1 aromatic heterocycles. The van der Waals surface area contributed by atoms with E-state index in [1.807, 2.05) is 37.3 Å². The second-order valence-corrected chi connectivity index (χ2v) is 10.8. The first-order chi connectivity index (χ1) is 15.8. The molecule has 1 amide bonds. The number of aromatic nitrogens is 2. The number of nitrogens with zero attached hydrogens (tertiary/aromatic N) is 3. The quantitative estimate of drug-likeness (QED) is 0.482. The van der Waals surface area contributed by atoms with E-state index in [-0.39, 0.29) is 27.5 Å². The van der Waals surface area contributed by atoms with Crippen LogP contribution in [0.1, 0.15) is 40.0 Å². The second-order valence-electron chi connectivity index (χ2n) is 8.52. The highest BCUT2D eigenvalue weighted by atomic mass is 35.5. The Hall–Kier alpha value is -2.77. The molecule has 8 heteroatoms. The van der Waals surface area contributed by atoms with Crippen LogP contribution in [0.3, 0.4) is 0 Å². The highest BCUT2D eigenvalue weighted by Gasteiger charge is 2.28. The van der Waals surface area contributed by atoms with E-state index in [2.05, 4.69) is 22.1 Å². The van der Waals surface area contributed by atoms with Crippen LogP contribution in [-0.4, -0.2) is 42.3 Å². The van der Waals surface area contributed by atoms with Gasteiger partial charge in [0.2, 0.25) is 15.0 Å². The summed E-state index contributed by atoms with van der Waals surface area (Å²) in [5.74, 6) is -0.0944. The number of amides is 1. The van der Waals surface area contributed by atoms with Gasteiger partial charge in [-0.1, -0.05) is 71.8 Å². The van der Waals surface area contributed by atoms with Crippen molar-refractivity contribution in [3.8, 4) is 0 Å². The third-order valence-electron chi connectivity index (χ3n) is 5.95. The van der Waals surface area contributed by atoms with Crippen molar-refractivity contribution in [2.24, 2.45) is 5.92 Å². The zero-order valence-electron chi connectivity index (χ0n) is 18.4. The van der Waals surface area contributed by atoms with Gasteiger partial charge in [0.1, 0.15) is 0 Å². The van der Waals surface area contributed by atoms with Crippen LogP contribution < -0.4 is 0 Å². The van der Waals surface area contributed by atoms with E-state index < -0.39 is 9.84 Å². The van der Waals surface area contributed by atoms with E-state index in [0.29, 0.717) is 24.6 Å². The Labute approximate surface area is 199 Å². The van der Waals surface area contributed by atoms with Gasteiger partial charge in [-0.3, -0.25) is 4.79 Å². The number of sulfone groups is 1. The van der Waals surface area contributed by atoms with Crippen LogP contribution in [0.25, 0.3) is 0 Å². The van der Waals surface area contributed by atoms with Crippen molar-refractivity contribution in [1.29, 1.82) is 0 Å². The van der Waals surface area contributed by atoms with E-state index in [9.17, 15) is 13.2 Å². The Kier molecular flexibility index (Phi) is 7.10. The summed E-state index contributed by atoms with van der Waals surface area (Å²) in [5, 5.41) is -0.324. The van der Waals surface area contributed by atoms with Crippen LogP contribution >= 0.6 is 11.6 Å². The molecule has 6 nitrogen and oxygen atoms in total. The number of carbonyl (C=O) groups is 1. The molecule has 0 unspecified atom stereocenters. The maximum absolute atomic E-state index is 13.1. The van der Waals surface area contributed by atoms with Crippen molar-refractivity contribution in [2.45, 2.75) is 37.1 Å². The van der Waals surface area contributed by atoms with Crippen LogP contribution in [0.4, 0.5) is 0 Å². The Balaban J connectivity index is 1.45. The molecule has 0 spiro atoms. The van der Waals surface area contributed by atoms with Gasteiger partial charge >= 0.3 is 0 Å². The van der Waals surface area contributed by atoms with E-state index in [0.717, 1.165) is 24.8 Å². The molecule has 1 aliphatic rings. The van der Waals surface area contributed by atoms with Crippen molar-refractivity contribution >= 4 is 27.3 Å². The van der Waals surface area contributed by atoms with Crippen LogP contribution in [0, 0.1) is 12.8 Å². The summed E-state index contributed by atoms with van der Waals surface area (Å²) in [6, 6.07) is 17.5. The van der Waals surface area contributed by atoms with Crippen LogP contribution in [-0.2, 0) is 22.0 Å². The normalized spacial score (nSPS) is 14.9. The molecule has 0 radical (unpaired) electrons. The fraction of sp³-hybridized carbons (Fsp3) is 0.320. The Morgan fingerprint density at radius 2 is 1.70 bits per heavy atom. The lowest BCUT2D eigenvalue weighted by Crippen LogP contribution is -2.39. The summed E-state index contributed by atoms with van der Waals surface area (Å²) in [4.78, 5) is 22.8. The number of hydrogen-bond acceptors (Lipinski definition) is 5. The van der Waals surface area contributed by atoms with Crippen molar-refractivity contribution in [1.82, 2.24) is 14.9 Å². The number of rotatable bonds is 6. The molecule has 33 heavy (non-hydrogen) atoms. The number of hydrogen-bond donors (Lipinski definition) is 0. The molecule has 1 aliphatic heterocycles. The lowest BCUT2D eigenvalue weighted by atomic mass is 9.90. The number of aryl methyl sites for hydroxylation is 1. The molecule has 0 N–H and O–H groups in total. The molecule has 0 atom stereocenters. The largest absolute Gasteiger partial charge is 0.337 e. The average molecular weight is 484 g/mol. The highest BCUT2D eigenvalue weighted by Crippen LogP contribution is 2.25. The Bertz CT molecular complexity index is 1220. The average Bonchev–Trinajstić information content (AvgIpc) is 2.81. The summed E-state index contributed by atoms with van der Waals surface area (Å²) < 4.78 is 25.7. The maximum atomic E-state index is 13.1. The number of carbonyl (C=O) groups excluding carboxylic acids is 1. The topological polar surface area (TPSA) is 80.2 Å². The molecule has 1 fully saturated rings. The van der Waals surface area contributed by atoms with Crippen LogP contribution in [0.2, 0.25) is 5.02 Å². The van der Waals surface area contributed by atoms with Gasteiger partial charge in [-0.15, -0.1) is 0 Å². The standard InChI is InChI=1S/C25H26ClN3O3S/c1-18-7-9-21(10-8-18)17-33(31,32)25-27-16-22(26)23(28-25)24(30)29-13-11-20(12-14-29)15-19-5-3-2-4-6-19/h2-10,16,20H,11-15,17H2,1H3. The maximum Gasteiger partial charge on any atom is 0.274 e. The van der Waals surface area contributed by atoms with Gasteiger partial charge in [0.25, 0.3) is 5.91 Å². The second kappa shape index (κ2) is 10.0. The zero-order chi connectivity index (χ0) is 23.4. The van der Waals surface area contributed by atoms with Gasteiger partial charge in [-0.2, -0.15) is 0 Å². The molecule has 0 saturated carbocycles. The highest BCUT2D eigenvalue weighted by molar-refractivity contribution is 7.90. The van der Waals surface area contributed by atoms with E-state index >= 15 is 0 Å². The van der Waals surface area contributed by atoms with Gasteiger partial charge in [-0.05, 0) is 43.2 Å². The first kappa shape index (κ1) is 23.4. The van der Waals surface area contributed by atoms with Crippen molar-refractivity contribution in [2.75, 3.05) is 13.1 Å². The molecule has 0 aliphatic carbocycles. The summed E-state index contributed by atoms with van der Waals surface area (Å²) in [7, 11) is -3.82. The van der Waals surface area contributed by atoms with Gasteiger partial charge in [0.05, 0.1) is 17.0 Å². The van der Waals surface area contributed by atoms with Crippen LogP contribution in [0.15, 0.2) is 66.0 Å². The summed E-state index contributed by atoms with van der Waals surface area (Å²) in [6.45, 7) is 3.10. The van der Waals surface area contributed by atoms with Gasteiger partial charge in [0, 0.05) is 13.1 Å². The number of halogens is 1. The monoisotopic (exact) mass is 483 g/mol. The zero-order valence-corrected chi connectivity index (χ0v) is 20.0. The predicted octanol–water partition coefficient (Wildman–Crippen LogP) is 4.51. The fourth-order valence-corrected chi connectivity index (χ4v) is 5.43. The van der Waals surface area contributed by atoms with E-state index in [4.69, 9.17) is 11.6 Å². The fourth-order valence-electron chi connectivity index (χ4n) is 4.06. The molecular weight excluding hydrogens is 458 g/mol. The van der Waals surface area contributed by atoms with Crippen molar-refractivity contribution < 1.29 is 13.2 Å². The van der Waals surface area contributed by atoms with Crippen LogP contribution in [0.5, 0.6) is 0 Å². The predicted molar refractivity (Wildman–Crippen MR) is 128 cm³/mol. The minimum Gasteiger partial charge on any atom is -0.337 e. The van der Waals surface area contributed by atoms with Crippen molar-refractivity contribution in [3.63, 3.8) is 0 Å². The molecule has 2 heterocycles. The van der Waals surface area contributed by atoms with Gasteiger partial charge in [0.15, 0.2) is 5.69 Å². The Morgan fingerprint density at radius 3 is 2.36 bits per heavy atom. The van der Waals surface area contributed by atoms with Crippen molar-refractivity contribution in [3.05, 3.63) is 88.2 Å².